The molecule has 13 rings (SSSR count). The lowest BCUT2D eigenvalue weighted by atomic mass is 9.93. The van der Waals surface area contributed by atoms with Gasteiger partial charge in [-0.05, 0) is 117 Å². The summed E-state index contributed by atoms with van der Waals surface area (Å²) in [5.41, 5.74) is 11.9. The van der Waals surface area contributed by atoms with Crippen LogP contribution in [0.25, 0.3) is 107 Å². The average molecular weight is 889 g/mol. The average Bonchev–Trinajstić information content (AvgIpc) is 3.97. The number of aliphatic imine (C=N–C) groups is 1. The molecule has 1 aliphatic rings. The molecule has 10 aromatic carbocycles. The molecule has 0 saturated heterocycles. The van der Waals surface area contributed by atoms with Gasteiger partial charge in [0.15, 0.2) is 0 Å². The van der Waals surface area contributed by atoms with Gasteiger partial charge in [-0.3, -0.25) is 4.99 Å². The van der Waals surface area contributed by atoms with Gasteiger partial charge in [0.25, 0.3) is 0 Å². The van der Waals surface area contributed by atoms with E-state index in [1.54, 1.807) is 0 Å². The molecule has 0 saturated carbocycles. The van der Waals surface area contributed by atoms with Gasteiger partial charge in [0.2, 0.25) is 0 Å². The van der Waals surface area contributed by atoms with E-state index in [1.165, 1.54) is 113 Å². The van der Waals surface area contributed by atoms with Crippen molar-refractivity contribution in [1.29, 1.82) is 0 Å². The number of hydrogen-bond acceptors (Lipinski definition) is 2. The number of hydrogen-bond donors (Lipinski definition) is 0. The number of aromatic nitrogens is 1. The van der Waals surface area contributed by atoms with Crippen LogP contribution in [0.2, 0.25) is 0 Å². The summed E-state index contributed by atoms with van der Waals surface area (Å²) in [7, 11) is 0. The lowest BCUT2D eigenvalue weighted by Crippen LogP contribution is -2.11. The quantitative estimate of drug-likeness (QED) is 0.107. The molecule has 324 valence electrons. The Bertz CT molecular complexity index is 4110. The van der Waals surface area contributed by atoms with Gasteiger partial charge in [0.05, 0.1) is 22.8 Å². The van der Waals surface area contributed by atoms with Crippen molar-refractivity contribution in [1.82, 2.24) is 4.57 Å². The summed E-state index contributed by atoms with van der Waals surface area (Å²) in [6.07, 6.45) is 12.3. The van der Waals surface area contributed by atoms with Crippen LogP contribution in [0, 0.1) is 0 Å². The van der Waals surface area contributed by atoms with E-state index < -0.39 is 0 Å². The number of rotatable bonds is 8. The smallest absolute Gasteiger partial charge is 0.0750 e. The number of nitrogens with zero attached hydrogens (tertiary/aromatic N) is 2. The largest absolute Gasteiger partial charge is 0.308 e. The second-order valence-corrected chi connectivity index (χ2v) is 19.4. The van der Waals surface area contributed by atoms with E-state index in [0.29, 0.717) is 0 Å². The third-order valence-electron chi connectivity index (χ3n) is 14.4. The van der Waals surface area contributed by atoms with E-state index >= 15 is 0 Å². The Kier molecular flexibility index (Phi) is 9.80. The van der Waals surface area contributed by atoms with Crippen LogP contribution in [0.1, 0.15) is 44.2 Å². The van der Waals surface area contributed by atoms with Gasteiger partial charge in [0.1, 0.15) is 0 Å². The molecule has 12 aromatic rings. The van der Waals surface area contributed by atoms with E-state index in [-0.39, 0.29) is 6.04 Å². The highest BCUT2D eigenvalue weighted by Gasteiger charge is 2.26. The lowest BCUT2D eigenvalue weighted by molar-refractivity contribution is 0.747. The van der Waals surface area contributed by atoms with Gasteiger partial charge >= 0.3 is 0 Å². The van der Waals surface area contributed by atoms with Crippen LogP contribution in [0.15, 0.2) is 223 Å². The highest BCUT2D eigenvalue weighted by molar-refractivity contribution is 7.27. The van der Waals surface area contributed by atoms with Crippen molar-refractivity contribution in [3.8, 4) is 16.8 Å². The highest BCUT2D eigenvalue weighted by Crippen LogP contribution is 2.51. The molecule has 0 radical (unpaired) electrons. The van der Waals surface area contributed by atoms with Crippen molar-refractivity contribution in [3.05, 3.63) is 229 Å². The number of allylic oxidation sites excluding steroid dienone is 4. The minimum atomic E-state index is 0.0772. The summed E-state index contributed by atoms with van der Waals surface area (Å²) >= 11 is 1.93. The second-order valence-electron chi connectivity index (χ2n) is 18.3. The molecule has 0 amide bonds. The monoisotopic (exact) mass is 888 g/mol. The third-order valence-corrected chi connectivity index (χ3v) is 15.6. The fraction of sp³-hybridized carbons (Fsp3) is 0.0923. The molecule has 3 heteroatoms. The maximum atomic E-state index is 5.58. The van der Waals surface area contributed by atoms with Gasteiger partial charge in [0, 0.05) is 52.8 Å². The van der Waals surface area contributed by atoms with E-state index in [0.717, 1.165) is 36.2 Å². The molecule has 0 fully saturated rings. The first-order chi connectivity index (χ1) is 33.6. The first-order valence-electron chi connectivity index (χ1n) is 24.0. The van der Waals surface area contributed by atoms with Crippen LogP contribution < -0.4 is 0 Å². The Morgan fingerprint density at radius 2 is 1.22 bits per heavy atom. The van der Waals surface area contributed by atoms with E-state index in [2.05, 4.69) is 231 Å². The van der Waals surface area contributed by atoms with Crippen LogP contribution in [-0.4, -0.2) is 16.3 Å². The minimum Gasteiger partial charge on any atom is -0.308 e. The predicted octanol–water partition coefficient (Wildman–Crippen LogP) is 18.4. The van der Waals surface area contributed by atoms with Crippen molar-refractivity contribution in [3.63, 3.8) is 0 Å². The minimum absolute atomic E-state index is 0.0772. The normalized spacial score (nSPS) is 14.1. The maximum Gasteiger partial charge on any atom is 0.0750 e. The molecule has 0 aliphatic heterocycles. The number of thiophene rings is 1. The van der Waals surface area contributed by atoms with Gasteiger partial charge in [-0.1, -0.05) is 189 Å². The van der Waals surface area contributed by atoms with Gasteiger partial charge in [-0.25, -0.2) is 0 Å². The Labute approximate surface area is 400 Å². The first-order valence-corrected chi connectivity index (χ1v) is 24.9. The summed E-state index contributed by atoms with van der Waals surface area (Å²) < 4.78 is 5.23. The zero-order valence-electron chi connectivity index (χ0n) is 38.2. The molecular weight excluding hydrogens is 841 g/mol. The SMILES string of the molecule is CC[C@H](/N=C(\C=C(/C)c1ccccc1)c1ccc(-n2c3c4ccccc4c4ccccc4c3c3c4c5cc(-c6cccc7ccccc67)ccc5sc4c4ccccc4c32)cc1)C1=CCCC=C1. The Balaban J connectivity index is 1.12. The first kappa shape index (κ1) is 40.4. The molecule has 1 aliphatic carbocycles. The molecule has 0 spiro atoms. The summed E-state index contributed by atoms with van der Waals surface area (Å²) in [4.78, 5) is 5.58. The zero-order valence-corrected chi connectivity index (χ0v) is 39.0. The predicted molar refractivity (Wildman–Crippen MR) is 296 cm³/mol. The summed E-state index contributed by atoms with van der Waals surface area (Å²) in [5.74, 6) is 0. The summed E-state index contributed by atoms with van der Waals surface area (Å²) in [5, 5.41) is 15.4. The maximum absolute atomic E-state index is 5.58. The Morgan fingerprint density at radius 3 is 1.97 bits per heavy atom. The third kappa shape index (κ3) is 6.48. The molecule has 0 unspecified atom stereocenters. The summed E-state index contributed by atoms with van der Waals surface area (Å²) in [6, 6.07) is 69.9. The molecule has 2 heterocycles. The highest BCUT2D eigenvalue weighted by atomic mass is 32.1. The van der Waals surface area contributed by atoms with Gasteiger partial charge in [-0.15, -0.1) is 11.3 Å². The Hall–Kier alpha value is -7.85. The van der Waals surface area contributed by atoms with Crippen molar-refractivity contribution >= 4 is 108 Å². The lowest BCUT2D eigenvalue weighted by Gasteiger charge is -2.17. The van der Waals surface area contributed by atoms with Crippen LogP contribution in [-0.2, 0) is 0 Å². The van der Waals surface area contributed by atoms with E-state index in [1.807, 2.05) is 11.3 Å². The number of fused-ring (bicyclic) bond motifs is 16. The molecule has 2 nitrogen and oxygen atoms in total. The standard InChI is InChI=1S/C65H48N2S/c1-3-57(44-22-8-5-9-23-44)66-58(39-41(2)42-19-6-4-7-20-42)45-33-36-47(37-34-45)67-63-53-29-15-13-27-51(53)50-26-12-14-28-52(50)60(63)62-61-56-40-46(49-32-18-24-43-21-10-11-25-48(43)49)35-38-59(56)68-65(61)55-31-17-16-30-54(55)64(62)67/h4,6-8,10-40,57H,3,5,9H2,1-2H3/b41-39+,66-58+/t57-/m0/s1. The second kappa shape index (κ2) is 16.5. The van der Waals surface area contributed by atoms with Crippen molar-refractivity contribution in [2.45, 2.75) is 39.2 Å². The molecule has 0 N–H and O–H groups in total. The van der Waals surface area contributed by atoms with Crippen LogP contribution in [0.4, 0.5) is 0 Å². The topological polar surface area (TPSA) is 17.3 Å². The number of benzene rings is 10. The van der Waals surface area contributed by atoms with Crippen molar-refractivity contribution in [2.24, 2.45) is 4.99 Å². The van der Waals surface area contributed by atoms with Gasteiger partial charge in [-0.2, -0.15) is 0 Å². The molecule has 0 bridgehead atoms. The van der Waals surface area contributed by atoms with E-state index in [9.17, 15) is 0 Å². The van der Waals surface area contributed by atoms with Gasteiger partial charge < -0.3 is 4.57 Å². The van der Waals surface area contributed by atoms with Crippen LogP contribution in [0.3, 0.4) is 0 Å². The molecule has 68 heavy (non-hydrogen) atoms. The molecule has 1 atom stereocenters. The zero-order chi connectivity index (χ0) is 45.3. The van der Waals surface area contributed by atoms with Crippen LogP contribution >= 0.6 is 11.3 Å². The fourth-order valence-corrected chi connectivity index (χ4v) is 12.4. The Morgan fingerprint density at radius 1 is 0.574 bits per heavy atom. The molecular formula is C65H48N2S. The van der Waals surface area contributed by atoms with Crippen molar-refractivity contribution in [2.75, 3.05) is 0 Å². The van der Waals surface area contributed by atoms with Crippen LogP contribution in [0.5, 0.6) is 0 Å². The fourth-order valence-electron chi connectivity index (χ4n) is 11.2. The van der Waals surface area contributed by atoms with Crippen molar-refractivity contribution < 1.29 is 0 Å². The van der Waals surface area contributed by atoms with E-state index in [4.69, 9.17) is 4.99 Å². The molecule has 2 aromatic heterocycles. The summed E-state index contributed by atoms with van der Waals surface area (Å²) in [6.45, 7) is 4.46.